The number of methoxy groups -OCH3 is 1. The van der Waals surface area contributed by atoms with E-state index in [1.54, 1.807) is 43.3 Å². The first-order chi connectivity index (χ1) is 13.3. The Kier molecular flexibility index (Phi) is 8.20. The van der Waals surface area contributed by atoms with E-state index in [2.05, 4.69) is 0 Å². The van der Waals surface area contributed by atoms with Crippen LogP contribution in [0.5, 0.6) is 5.75 Å². The highest BCUT2D eigenvalue weighted by atomic mass is 35.5. The summed E-state index contributed by atoms with van der Waals surface area (Å²) in [6, 6.07) is 8.92. The van der Waals surface area contributed by atoms with Crippen LogP contribution in [0.1, 0.15) is 45.8 Å². The van der Waals surface area contributed by atoms with E-state index in [1.165, 1.54) is 11.3 Å². The fraction of sp³-hybridized carbons (Fsp3) is 0.381. The van der Waals surface area contributed by atoms with Crippen molar-refractivity contribution in [2.45, 2.75) is 39.2 Å². The van der Waals surface area contributed by atoms with Crippen molar-refractivity contribution in [3.8, 4) is 5.75 Å². The minimum absolute atomic E-state index is 0.0251. The van der Waals surface area contributed by atoms with Crippen molar-refractivity contribution in [2.75, 3.05) is 14.2 Å². The number of ether oxygens (including phenoxy) is 1. The Morgan fingerprint density at radius 1 is 1.07 bits per heavy atom. The van der Waals surface area contributed by atoms with Gasteiger partial charge in [0.25, 0.3) is 0 Å². The third-order valence-corrected chi connectivity index (χ3v) is 5.62. The first kappa shape index (κ1) is 22.1. The quantitative estimate of drug-likeness (QED) is 0.522. The van der Waals surface area contributed by atoms with Gasteiger partial charge < -0.3 is 9.64 Å². The summed E-state index contributed by atoms with van der Waals surface area (Å²) in [7, 11) is 3.24. The highest BCUT2D eigenvalue weighted by Crippen LogP contribution is 2.24. The highest BCUT2D eigenvalue weighted by molar-refractivity contribution is 7.14. The molecule has 1 amide bonds. The normalized spacial score (nSPS) is 10.6. The van der Waals surface area contributed by atoms with Crippen molar-refractivity contribution in [2.24, 2.45) is 0 Å². The molecule has 0 N–H and O–H groups in total. The average molecular weight is 422 g/mol. The number of Topliss-reactive ketones (excluding diaryl/α,β-unsaturated/α-hetero) is 2. The summed E-state index contributed by atoms with van der Waals surface area (Å²) < 4.78 is 5.29. The summed E-state index contributed by atoms with van der Waals surface area (Å²) in [4.78, 5) is 39.7. The van der Waals surface area contributed by atoms with Crippen molar-refractivity contribution in [3.05, 3.63) is 50.7 Å². The van der Waals surface area contributed by atoms with Gasteiger partial charge in [-0.1, -0.05) is 11.6 Å². The predicted octanol–water partition coefficient (Wildman–Crippen LogP) is 4.69. The molecule has 0 saturated heterocycles. The van der Waals surface area contributed by atoms with Crippen LogP contribution in [0.15, 0.2) is 30.3 Å². The molecule has 7 heteroatoms. The van der Waals surface area contributed by atoms with E-state index in [4.69, 9.17) is 16.3 Å². The fourth-order valence-electron chi connectivity index (χ4n) is 2.74. The van der Waals surface area contributed by atoms with Crippen LogP contribution in [-0.2, 0) is 16.1 Å². The van der Waals surface area contributed by atoms with E-state index >= 15 is 0 Å². The lowest BCUT2D eigenvalue weighted by molar-refractivity contribution is -0.132. The molecule has 0 saturated carbocycles. The second-order valence-corrected chi connectivity index (χ2v) is 8.30. The van der Waals surface area contributed by atoms with Crippen LogP contribution in [0, 0.1) is 6.92 Å². The van der Waals surface area contributed by atoms with Gasteiger partial charge in [-0.05, 0) is 37.3 Å². The Hall–Kier alpha value is -2.18. The van der Waals surface area contributed by atoms with Gasteiger partial charge >= 0.3 is 0 Å². The van der Waals surface area contributed by atoms with Crippen LogP contribution in [0.25, 0.3) is 0 Å². The van der Waals surface area contributed by atoms with E-state index in [1.807, 2.05) is 13.0 Å². The van der Waals surface area contributed by atoms with Gasteiger partial charge in [0.15, 0.2) is 5.78 Å². The second kappa shape index (κ2) is 10.4. The molecule has 1 aromatic heterocycles. The van der Waals surface area contributed by atoms with Crippen LogP contribution >= 0.6 is 22.9 Å². The number of amides is 1. The van der Waals surface area contributed by atoms with Gasteiger partial charge in [-0.15, -0.1) is 11.3 Å². The van der Waals surface area contributed by atoms with Gasteiger partial charge in [0.2, 0.25) is 5.91 Å². The Morgan fingerprint density at radius 3 is 2.43 bits per heavy atom. The molecule has 0 aliphatic heterocycles. The molecule has 1 heterocycles. The van der Waals surface area contributed by atoms with Gasteiger partial charge in [-0.2, -0.15) is 0 Å². The third-order valence-electron chi connectivity index (χ3n) is 4.34. The van der Waals surface area contributed by atoms with Crippen LogP contribution < -0.4 is 4.74 Å². The van der Waals surface area contributed by atoms with Crippen molar-refractivity contribution >= 4 is 40.4 Å². The van der Waals surface area contributed by atoms with E-state index in [-0.39, 0.29) is 43.2 Å². The van der Waals surface area contributed by atoms with Crippen LogP contribution in [-0.4, -0.2) is 36.5 Å². The molecule has 5 nitrogen and oxygen atoms in total. The molecule has 2 aromatic rings. The number of hydrogen-bond acceptors (Lipinski definition) is 5. The predicted molar refractivity (Wildman–Crippen MR) is 111 cm³/mol. The van der Waals surface area contributed by atoms with Gasteiger partial charge in [0, 0.05) is 54.7 Å². The number of aryl methyl sites for hydroxylation is 1. The standard InChI is InChI=1S/C21H24ClNO4S/c1-14-4-10-20(28-14)18(25)8-6-17(24)7-11-21(26)23(2)13-15-12-16(22)5-9-19(15)27-3/h4-5,9-10,12H,6-8,11,13H2,1-3H3. The van der Waals surface area contributed by atoms with Crippen molar-refractivity contribution in [1.29, 1.82) is 0 Å². The number of carbonyl (C=O) groups excluding carboxylic acids is 3. The topological polar surface area (TPSA) is 63.7 Å². The summed E-state index contributed by atoms with van der Waals surface area (Å²) in [5.41, 5.74) is 0.800. The summed E-state index contributed by atoms with van der Waals surface area (Å²) in [5.74, 6) is 0.407. The number of carbonyl (C=O) groups is 3. The molecule has 0 aliphatic carbocycles. The van der Waals surface area contributed by atoms with Crippen molar-refractivity contribution in [1.82, 2.24) is 4.90 Å². The maximum absolute atomic E-state index is 12.3. The molecule has 0 fully saturated rings. The van der Waals surface area contributed by atoms with Crippen LogP contribution in [0.3, 0.4) is 0 Å². The van der Waals surface area contributed by atoms with Crippen molar-refractivity contribution in [3.63, 3.8) is 0 Å². The number of thiophene rings is 1. The van der Waals surface area contributed by atoms with E-state index in [0.717, 1.165) is 10.4 Å². The molecule has 0 bridgehead atoms. The summed E-state index contributed by atoms with van der Waals surface area (Å²) >= 11 is 7.45. The molecule has 2 rings (SSSR count). The maximum Gasteiger partial charge on any atom is 0.223 e. The number of halogens is 1. The average Bonchev–Trinajstić information content (AvgIpc) is 3.10. The lowest BCUT2D eigenvalue weighted by atomic mass is 10.1. The molecule has 0 atom stereocenters. The molecule has 0 radical (unpaired) electrons. The monoisotopic (exact) mass is 421 g/mol. The van der Waals surface area contributed by atoms with E-state index < -0.39 is 0 Å². The maximum atomic E-state index is 12.3. The Morgan fingerprint density at radius 2 is 1.79 bits per heavy atom. The lowest BCUT2D eigenvalue weighted by Gasteiger charge is -2.19. The number of ketones is 2. The number of rotatable bonds is 10. The van der Waals surface area contributed by atoms with Gasteiger partial charge in [-0.3, -0.25) is 14.4 Å². The fourth-order valence-corrected chi connectivity index (χ4v) is 3.77. The Balaban J connectivity index is 1.78. The highest BCUT2D eigenvalue weighted by Gasteiger charge is 2.16. The molecular formula is C21H24ClNO4S. The largest absolute Gasteiger partial charge is 0.496 e. The zero-order valence-electron chi connectivity index (χ0n) is 16.3. The smallest absolute Gasteiger partial charge is 0.223 e. The van der Waals surface area contributed by atoms with Crippen LogP contribution in [0.4, 0.5) is 0 Å². The molecule has 0 aliphatic rings. The molecule has 0 unspecified atom stereocenters. The molecule has 1 aromatic carbocycles. The number of benzene rings is 1. The summed E-state index contributed by atoms with van der Waals surface area (Å²) in [6.07, 6.45) is 0.592. The second-order valence-electron chi connectivity index (χ2n) is 6.58. The minimum atomic E-state index is -0.143. The van der Waals surface area contributed by atoms with Gasteiger partial charge in [-0.25, -0.2) is 0 Å². The zero-order valence-corrected chi connectivity index (χ0v) is 17.9. The number of nitrogens with zero attached hydrogens (tertiary/aromatic N) is 1. The first-order valence-electron chi connectivity index (χ1n) is 8.98. The van der Waals surface area contributed by atoms with E-state index in [0.29, 0.717) is 22.2 Å². The molecular weight excluding hydrogens is 398 g/mol. The zero-order chi connectivity index (χ0) is 20.7. The Bertz CT molecular complexity index is 862. The summed E-state index contributed by atoms with van der Waals surface area (Å²) in [6.45, 7) is 2.28. The van der Waals surface area contributed by atoms with Gasteiger partial charge in [0.05, 0.1) is 12.0 Å². The third kappa shape index (κ3) is 6.46. The number of hydrogen-bond donors (Lipinski definition) is 0. The lowest BCUT2D eigenvalue weighted by Crippen LogP contribution is -2.26. The summed E-state index contributed by atoms with van der Waals surface area (Å²) in [5, 5.41) is 0.567. The SMILES string of the molecule is COc1ccc(Cl)cc1CN(C)C(=O)CCC(=O)CCC(=O)c1ccc(C)s1. The van der Waals surface area contributed by atoms with Gasteiger partial charge in [0.1, 0.15) is 11.5 Å². The molecule has 150 valence electrons. The first-order valence-corrected chi connectivity index (χ1v) is 10.2. The molecule has 0 spiro atoms. The van der Waals surface area contributed by atoms with Crippen molar-refractivity contribution < 1.29 is 19.1 Å². The van der Waals surface area contributed by atoms with Crippen LogP contribution in [0.2, 0.25) is 5.02 Å². The molecule has 28 heavy (non-hydrogen) atoms. The minimum Gasteiger partial charge on any atom is -0.496 e. The Labute approximate surface area is 174 Å². The van der Waals surface area contributed by atoms with E-state index in [9.17, 15) is 14.4 Å².